The van der Waals surface area contributed by atoms with E-state index in [2.05, 4.69) is 5.32 Å². The van der Waals surface area contributed by atoms with Gasteiger partial charge in [-0.2, -0.15) is 4.31 Å². The summed E-state index contributed by atoms with van der Waals surface area (Å²) in [6.07, 6.45) is 2.00. The van der Waals surface area contributed by atoms with Gasteiger partial charge in [-0.15, -0.1) is 0 Å². The lowest BCUT2D eigenvalue weighted by Gasteiger charge is -2.26. The minimum atomic E-state index is -3.81. The van der Waals surface area contributed by atoms with Crippen LogP contribution in [-0.4, -0.2) is 65.1 Å². The number of nitrogens with one attached hydrogen (secondary N) is 1. The number of morpholine rings is 1. The maximum absolute atomic E-state index is 14.7. The molecule has 2 aromatic rings. The highest BCUT2D eigenvalue weighted by Crippen LogP contribution is 2.33. The van der Waals surface area contributed by atoms with Crippen LogP contribution >= 0.6 is 0 Å². The molecule has 0 aliphatic carbocycles. The van der Waals surface area contributed by atoms with Crippen LogP contribution in [0.25, 0.3) is 0 Å². The van der Waals surface area contributed by atoms with Gasteiger partial charge in [0.2, 0.25) is 10.0 Å². The number of rotatable bonds is 6. The van der Waals surface area contributed by atoms with Gasteiger partial charge in [-0.05, 0) is 43.2 Å². The van der Waals surface area contributed by atoms with E-state index in [-0.39, 0.29) is 35.0 Å². The Kier molecular flexibility index (Phi) is 6.63. The van der Waals surface area contributed by atoms with Crippen LogP contribution < -0.4 is 15.0 Å². The van der Waals surface area contributed by atoms with Gasteiger partial charge >= 0.3 is 0 Å². The van der Waals surface area contributed by atoms with Gasteiger partial charge in [0.25, 0.3) is 5.91 Å². The number of halogens is 1. The smallest absolute Gasteiger partial charge is 0.259 e. The fourth-order valence-corrected chi connectivity index (χ4v) is 5.43. The van der Waals surface area contributed by atoms with Crippen LogP contribution in [-0.2, 0) is 14.8 Å². The van der Waals surface area contributed by atoms with Gasteiger partial charge in [-0.3, -0.25) is 4.79 Å². The molecule has 2 heterocycles. The average Bonchev–Trinajstić information content (AvgIpc) is 3.35. The van der Waals surface area contributed by atoms with Crippen LogP contribution in [0.5, 0.6) is 5.75 Å². The third-order valence-corrected chi connectivity index (χ3v) is 7.59. The lowest BCUT2D eigenvalue weighted by atomic mass is 10.1. The molecule has 0 radical (unpaired) electrons. The number of sulfonamides is 1. The maximum Gasteiger partial charge on any atom is 0.259 e. The second-order valence-electron chi connectivity index (χ2n) is 7.66. The Balaban J connectivity index is 1.66. The zero-order valence-corrected chi connectivity index (χ0v) is 18.7. The molecule has 0 atom stereocenters. The van der Waals surface area contributed by atoms with E-state index >= 15 is 0 Å². The molecule has 2 saturated heterocycles. The Morgan fingerprint density at radius 1 is 1.09 bits per heavy atom. The molecule has 8 nitrogen and oxygen atoms in total. The number of nitrogens with zero attached hydrogens (tertiary/aromatic N) is 2. The molecule has 0 spiro atoms. The van der Waals surface area contributed by atoms with Crippen LogP contribution in [0, 0.1) is 5.82 Å². The zero-order chi connectivity index (χ0) is 22.7. The van der Waals surface area contributed by atoms with Crippen LogP contribution in [0.3, 0.4) is 0 Å². The molecule has 10 heteroatoms. The molecule has 1 amide bonds. The van der Waals surface area contributed by atoms with Crippen LogP contribution in [0.2, 0.25) is 0 Å². The minimum absolute atomic E-state index is 0.0115. The molecule has 172 valence electrons. The topological polar surface area (TPSA) is 88.2 Å². The monoisotopic (exact) mass is 463 g/mol. The van der Waals surface area contributed by atoms with Crippen molar-refractivity contribution >= 4 is 27.3 Å². The molecule has 0 aromatic heterocycles. The van der Waals surface area contributed by atoms with Crippen molar-refractivity contribution in [2.45, 2.75) is 17.7 Å². The highest BCUT2D eigenvalue weighted by Gasteiger charge is 2.28. The van der Waals surface area contributed by atoms with Crippen LogP contribution in [0.15, 0.2) is 41.3 Å². The standard InChI is InChI=1S/C22H26FN3O5S/c1-30-20-8-7-16(32(28,29)26-11-13-31-14-12-26)15-17(20)22(27)24-21-18(23)5-4-6-19(21)25-9-2-3-10-25/h4-8,15H,2-3,9-14H2,1H3,(H,24,27). The van der Waals surface area contributed by atoms with E-state index in [1.54, 1.807) is 12.1 Å². The first-order valence-corrected chi connectivity index (χ1v) is 12.0. The van der Waals surface area contributed by atoms with Crippen molar-refractivity contribution in [1.29, 1.82) is 0 Å². The van der Waals surface area contributed by atoms with Gasteiger partial charge in [-0.25, -0.2) is 12.8 Å². The van der Waals surface area contributed by atoms with E-state index in [0.717, 1.165) is 25.9 Å². The molecule has 4 rings (SSSR count). The van der Waals surface area contributed by atoms with Gasteiger partial charge < -0.3 is 19.7 Å². The Labute approximate surface area is 187 Å². The molecule has 2 aliphatic rings. The van der Waals surface area contributed by atoms with E-state index < -0.39 is 21.7 Å². The Bertz CT molecular complexity index is 1100. The second kappa shape index (κ2) is 9.43. The number of methoxy groups -OCH3 is 1. The Morgan fingerprint density at radius 3 is 2.50 bits per heavy atom. The normalized spacial score (nSPS) is 17.4. The molecule has 0 unspecified atom stereocenters. The molecule has 2 fully saturated rings. The van der Waals surface area contributed by atoms with E-state index in [1.807, 2.05) is 4.90 Å². The molecule has 0 saturated carbocycles. The van der Waals surface area contributed by atoms with Gasteiger partial charge in [0, 0.05) is 26.2 Å². The fourth-order valence-electron chi connectivity index (χ4n) is 4.00. The second-order valence-corrected chi connectivity index (χ2v) is 9.60. The summed E-state index contributed by atoms with van der Waals surface area (Å²) >= 11 is 0. The number of amides is 1. The molecular weight excluding hydrogens is 437 g/mol. The first-order chi connectivity index (χ1) is 15.4. The number of anilines is 2. The van der Waals surface area contributed by atoms with Crippen molar-refractivity contribution in [2.24, 2.45) is 0 Å². The van der Waals surface area contributed by atoms with Crippen molar-refractivity contribution in [3.8, 4) is 5.75 Å². The summed E-state index contributed by atoms with van der Waals surface area (Å²) in [5.74, 6) is -1.01. The summed E-state index contributed by atoms with van der Waals surface area (Å²) in [6, 6.07) is 8.76. The first kappa shape index (κ1) is 22.5. The third kappa shape index (κ3) is 4.43. The molecule has 2 aliphatic heterocycles. The van der Waals surface area contributed by atoms with E-state index in [0.29, 0.717) is 18.9 Å². The molecule has 0 bridgehead atoms. The average molecular weight is 464 g/mol. The van der Waals surface area contributed by atoms with E-state index in [4.69, 9.17) is 9.47 Å². The minimum Gasteiger partial charge on any atom is -0.496 e. The number of hydrogen-bond donors (Lipinski definition) is 1. The fraction of sp³-hybridized carbons (Fsp3) is 0.409. The summed E-state index contributed by atoms with van der Waals surface area (Å²) in [7, 11) is -2.42. The highest BCUT2D eigenvalue weighted by molar-refractivity contribution is 7.89. The number of carbonyl (C=O) groups excluding carboxylic acids is 1. The molecule has 2 aromatic carbocycles. The van der Waals surface area contributed by atoms with E-state index in [1.165, 1.54) is 35.7 Å². The zero-order valence-electron chi connectivity index (χ0n) is 17.8. The van der Waals surface area contributed by atoms with Crippen molar-refractivity contribution in [1.82, 2.24) is 4.31 Å². The number of benzene rings is 2. The van der Waals surface area contributed by atoms with Crippen molar-refractivity contribution in [3.63, 3.8) is 0 Å². The highest BCUT2D eigenvalue weighted by atomic mass is 32.2. The maximum atomic E-state index is 14.7. The van der Waals surface area contributed by atoms with Crippen LogP contribution in [0.1, 0.15) is 23.2 Å². The number of para-hydroxylation sites is 1. The van der Waals surface area contributed by atoms with Gasteiger partial charge in [0.05, 0.1) is 36.5 Å². The Hall–Kier alpha value is -2.69. The first-order valence-electron chi connectivity index (χ1n) is 10.5. The van der Waals surface area contributed by atoms with E-state index in [9.17, 15) is 17.6 Å². The van der Waals surface area contributed by atoms with Gasteiger partial charge in [-0.1, -0.05) is 6.07 Å². The predicted octanol–water partition coefficient (Wildman–Crippen LogP) is 2.71. The summed E-state index contributed by atoms with van der Waals surface area (Å²) in [4.78, 5) is 15.2. The van der Waals surface area contributed by atoms with Crippen molar-refractivity contribution in [2.75, 3.05) is 56.7 Å². The SMILES string of the molecule is COc1ccc(S(=O)(=O)N2CCOCC2)cc1C(=O)Nc1c(F)cccc1N1CCCC1. The quantitative estimate of drug-likeness (QED) is 0.709. The molecule has 1 N–H and O–H groups in total. The predicted molar refractivity (Wildman–Crippen MR) is 118 cm³/mol. The van der Waals surface area contributed by atoms with Gasteiger partial charge in [0.1, 0.15) is 17.3 Å². The largest absolute Gasteiger partial charge is 0.496 e. The summed E-state index contributed by atoms with van der Waals surface area (Å²) in [5.41, 5.74) is 0.687. The van der Waals surface area contributed by atoms with Crippen molar-refractivity contribution < 1.29 is 27.1 Å². The van der Waals surface area contributed by atoms with Gasteiger partial charge in [0.15, 0.2) is 0 Å². The summed E-state index contributed by atoms with van der Waals surface area (Å²) in [5, 5.41) is 2.64. The summed E-state index contributed by atoms with van der Waals surface area (Å²) in [6.45, 7) is 2.67. The molecular formula is C22H26FN3O5S. The third-order valence-electron chi connectivity index (χ3n) is 5.70. The number of hydrogen-bond acceptors (Lipinski definition) is 6. The lowest BCUT2D eigenvalue weighted by Crippen LogP contribution is -2.40. The molecule has 32 heavy (non-hydrogen) atoms. The summed E-state index contributed by atoms with van der Waals surface area (Å²) < 4.78 is 52.6. The lowest BCUT2D eigenvalue weighted by molar-refractivity contribution is 0.0730. The Morgan fingerprint density at radius 2 is 1.81 bits per heavy atom. The number of carbonyl (C=O) groups is 1. The number of ether oxygens (including phenoxy) is 2. The van der Waals surface area contributed by atoms with Crippen molar-refractivity contribution in [3.05, 3.63) is 47.8 Å². The van der Waals surface area contributed by atoms with Crippen LogP contribution in [0.4, 0.5) is 15.8 Å².